The third-order valence-electron chi connectivity index (χ3n) is 4.83. The fourth-order valence-corrected chi connectivity index (χ4v) is 3.45. The number of nitro benzene ring substituents is 1. The number of aliphatic hydroxyl groups excluding tert-OH is 1. The van der Waals surface area contributed by atoms with Crippen LogP contribution in [0.25, 0.3) is 5.76 Å². The van der Waals surface area contributed by atoms with Crippen molar-refractivity contribution in [3.05, 3.63) is 80.4 Å². The zero-order chi connectivity index (χ0) is 21.1. The molecule has 0 aromatic heterocycles. The van der Waals surface area contributed by atoms with Gasteiger partial charge < -0.3 is 10.0 Å². The molecule has 1 fully saturated rings. The maximum absolute atomic E-state index is 12.8. The summed E-state index contributed by atoms with van der Waals surface area (Å²) >= 11 is 5.89. The molecule has 0 radical (unpaired) electrons. The number of carbonyl (C=O) groups excluding carboxylic acids is 2. The first-order valence-corrected chi connectivity index (χ1v) is 9.51. The lowest BCUT2D eigenvalue weighted by Gasteiger charge is -2.25. The van der Waals surface area contributed by atoms with Crippen LogP contribution in [0.2, 0.25) is 5.02 Å². The van der Waals surface area contributed by atoms with E-state index in [4.69, 9.17) is 11.6 Å². The normalized spacial score (nSPS) is 18.3. The van der Waals surface area contributed by atoms with Crippen LogP contribution in [0.1, 0.15) is 36.9 Å². The fraction of sp³-hybridized carbons (Fsp3) is 0.238. The molecule has 2 aromatic carbocycles. The van der Waals surface area contributed by atoms with Gasteiger partial charge in [0.25, 0.3) is 17.4 Å². The predicted molar refractivity (Wildman–Crippen MR) is 108 cm³/mol. The van der Waals surface area contributed by atoms with E-state index in [1.165, 1.54) is 29.2 Å². The lowest BCUT2D eigenvalue weighted by molar-refractivity contribution is -0.384. The van der Waals surface area contributed by atoms with Crippen molar-refractivity contribution in [2.45, 2.75) is 25.8 Å². The minimum absolute atomic E-state index is 0.0396. The highest BCUT2D eigenvalue weighted by atomic mass is 35.5. The Bertz CT molecular complexity index is 983. The smallest absolute Gasteiger partial charge is 0.295 e. The van der Waals surface area contributed by atoms with Crippen molar-refractivity contribution in [1.29, 1.82) is 0 Å². The van der Waals surface area contributed by atoms with Crippen molar-refractivity contribution in [2.24, 2.45) is 0 Å². The van der Waals surface area contributed by atoms with Gasteiger partial charge in [-0.15, -0.1) is 0 Å². The molecule has 2 aromatic rings. The lowest BCUT2D eigenvalue weighted by atomic mass is 9.95. The molecule has 8 heteroatoms. The Morgan fingerprint density at radius 1 is 1.14 bits per heavy atom. The second-order valence-corrected chi connectivity index (χ2v) is 7.14. The predicted octanol–water partition coefficient (Wildman–Crippen LogP) is 4.47. The van der Waals surface area contributed by atoms with Gasteiger partial charge >= 0.3 is 0 Å². The highest BCUT2D eigenvalue weighted by Crippen LogP contribution is 2.40. The maximum Gasteiger partial charge on any atom is 0.295 e. The Labute approximate surface area is 172 Å². The summed E-state index contributed by atoms with van der Waals surface area (Å²) in [5.74, 6) is -1.78. The standard InChI is InChI=1S/C21H19ClN2O5/c1-2-3-12-23-18(13-6-10-16(11-7-13)24(28)29)17(20(26)21(23)27)19(25)14-4-8-15(22)9-5-14/h4-11,18,25H,2-3,12H2,1H3/b19-17+/t18-/m0/s1. The average Bonchev–Trinajstić information content (AvgIpc) is 2.97. The minimum Gasteiger partial charge on any atom is -0.507 e. The number of nitro groups is 1. The van der Waals surface area contributed by atoms with Crippen LogP contribution in [0.4, 0.5) is 5.69 Å². The van der Waals surface area contributed by atoms with Crippen LogP contribution < -0.4 is 0 Å². The molecule has 1 N–H and O–H groups in total. The molecule has 7 nitrogen and oxygen atoms in total. The zero-order valence-corrected chi connectivity index (χ0v) is 16.4. The second kappa shape index (κ2) is 8.45. The number of non-ortho nitro benzene ring substituents is 1. The molecular formula is C21H19ClN2O5. The summed E-state index contributed by atoms with van der Waals surface area (Å²) in [5, 5.41) is 22.3. The summed E-state index contributed by atoms with van der Waals surface area (Å²) < 4.78 is 0. The van der Waals surface area contributed by atoms with Gasteiger partial charge in [0.15, 0.2) is 0 Å². The Balaban J connectivity index is 2.14. The Kier molecular flexibility index (Phi) is 5.98. The summed E-state index contributed by atoms with van der Waals surface area (Å²) in [4.78, 5) is 37.3. The van der Waals surface area contributed by atoms with Gasteiger partial charge in [-0.1, -0.05) is 24.9 Å². The average molecular weight is 415 g/mol. The number of halogens is 1. The van der Waals surface area contributed by atoms with E-state index >= 15 is 0 Å². The number of nitrogens with zero attached hydrogens (tertiary/aromatic N) is 2. The molecule has 1 aliphatic heterocycles. The molecule has 1 saturated heterocycles. The van der Waals surface area contributed by atoms with Crippen LogP contribution in [0, 0.1) is 10.1 Å². The van der Waals surface area contributed by atoms with Gasteiger partial charge in [0, 0.05) is 29.3 Å². The summed E-state index contributed by atoms with van der Waals surface area (Å²) in [5.41, 5.74) is 0.732. The Morgan fingerprint density at radius 3 is 2.31 bits per heavy atom. The van der Waals surface area contributed by atoms with E-state index in [0.717, 1.165) is 6.42 Å². The van der Waals surface area contributed by atoms with E-state index in [1.54, 1.807) is 24.3 Å². The van der Waals surface area contributed by atoms with E-state index < -0.39 is 22.7 Å². The summed E-state index contributed by atoms with van der Waals surface area (Å²) in [6.45, 7) is 2.30. The lowest BCUT2D eigenvalue weighted by Crippen LogP contribution is -2.30. The van der Waals surface area contributed by atoms with E-state index in [9.17, 15) is 24.8 Å². The number of hydrogen-bond acceptors (Lipinski definition) is 5. The summed E-state index contributed by atoms with van der Waals surface area (Å²) in [6.07, 6.45) is 1.49. The molecule has 1 heterocycles. The minimum atomic E-state index is -0.821. The summed E-state index contributed by atoms with van der Waals surface area (Å²) in [6, 6.07) is 11.1. The number of amides is 1. The van der Waals surface area contributed by atoms with Crippen molar-refractivity contribution in [3.8, 4) is 0 Å². The largest absolute Gasteiger partial charge is 0.507 e. The van der Waals surface area contributed by atoms with Crippen molar-refractivity contribution < 1.29 is 19.6 Å². The van der Waals surface area contributed by atoms with Crippen LogP contribution in [-0.4, -0.2) is 33.2 Å². The van der Waals surface area contributed by atoms with E-state index in [2.05, 4.69) is 0 Å². The van der Waals surface area contributed by atoms with Crippen molar-refractivity contribution in [2.75, 3.05) is 6.54 Å². The van der Waals surface area contributed by atoms with Gasteiger partial charge in [-0.3, -0.25) is 19.7 Å². The first-order valence-electron chi connectivity index (χ1n) is 9.13. The number of hydrogen-bond donors (Lipinski definition) is 1. The number of rotatable bonds is 6. The zero-order valence-electron chi connectivity index (χ0n) is 15.7. The van der Waals surface area contributed by atoms with Gasteiger partial charge in [-0.25, -0.2) is 0 Å². The van der Waals surface area contributed by atoms with Gasteiger partial charge in [0.1, 0.15) is 5.76 Å². The Morgan fingerprint density at radius 2 is 1.76 bits per heavy atom. The van der Waals surface area contributed by atoms with Gasteiger partial charge in [0.2, 0.25) is 0 Å². The van der Waals surface area contributed by atoms with E-state index in [0.29, 0.717) is 29.1 Å². The molecule has 29 heavy (non-hydrogen) atoms. The molecule has 0 unspecified atom stereocenters. The van der Waals surface area contributed by atoms with E-state index in [1.807, 2.05) is 6.92 Å². The van der Waals surface area contributed by atoms with E-state index in [-0.39, 0.29) is 17.0 Å². The molecule has 1 atom stereocenters. The first-order chi connectivity index (χ1) is 13.8. The maximum atomic E-state index is 12.8. The highest BCUT2D eigenvalue weighted by molar-refractivity contribution is 6.46. The van der Waals surface area contributed by atoms with Crippen LogP contribution >= 0.6 is 11.6 Å². The quantitative estimate of drug-likeness (QED) is 0.247. The monoisotopic (exact) mass is 414 g/mol. The highest BCUT2D eigenvalue weighted by Gasteiger charge is 2.45. The molecule has 0 saturated carbocycles. The first kappa shape index (κ1) is 20.5. The number of aliphatic hydroxyl groups is 1. The summed E-state index contributed by atoms with van der Waals surface area (Å²) in [7, 11) is 0. The van der Waals surface area contributed by atoms with Gasteiger partial charge in [0.05, 0.1) is 16.5 Å². The van der Waals surface area contributed by atoms with Gasteiger partial charge in [-0.2, -0.15) is 0 Å². The molecular weight excluding hydrogens is 396 g/mol. The molecule has 3 rings (SSSR count). The molecule has 0 bridgehead atoms. The Hall–Kier alpha value is -3.19. The third kappa shape index (κ3) is 4.00. The van der Waals surface area contributed by atoms with Crippen LogP contribution in [0.5, 0.6) is 0 Å². The third-order valence-corrected chi connectivity index (χ3v) is 5.08. The van der Waals surface area contributed by atoms with Crippen molar-refractivity contribution >= 4 is 34.7 Å². The van der Waals surface area contributed by atoms with Gasteiger partial charge in [-0.05, 0) is 48.4 Å². The van der Waals surface area contributed by atoms with Crippen molar-refractivity contribution in [1.82, 2.24) is 4.90 Å². The topological polar surface area (TPSA) is 101 Å². The van der Waals surface area contributed by atoms with Crippen LogP contribution in [0.3, 0.4) is 0 Å². The SMILES string of the molecule is CCCCN1C(=O)C(=O)/C(=C(/O)c2ccc(Cl)cc2)[C@@H]1c1ccc([N+](=O)[O-])cc1. The van der Waals surface area contributed by atoms with Crippen LogP contribution in [0.15, 0.2) is 54.1 Å². The molecule has 0 aliphatic carbocycles. The second-order valence-electron chi connectivity index (χ2n) is 6.70. The molecule has 1 aliphatic rings. The number of ketones is 1. The van der Waals surface area contributed by atoms with Crippen molar-refractivity contribution in [3.63, 3.8) is 0 Å². The molecule has 150 valence electrons. The fourth-order valence-electron chi connectivity index (χ4n) is 3.33. The number of Topliss-reactive ketones (excluding diaryl/α,β-unsaturated/α-hetero) is 1. The number of unbranched alkanes of at least 4 members (excludes halogenated alkanes) is 1. The molecule has 0 spiro atoms. The number of likely N-dealkylation sites (tertiary alicyclic amines) is 1. The number of carbonyl (C=O) groups is 2. The van der Waals surface area contributed by atoms with Crippen LogP contribution in [-0.2, 0) is 9.59 Å². The number of benzene rings is 2. The molecule has 1 amide bonds.